The highest BCUT2D eigenvalue weighted by atomic mass is 16.6. The molecule has 3 rings (SSSR count). The normalized spacial score (nSPS) is 13.9. The minimum absolute atomic E-state index is 0.000603. The number of nitrogens with zero attached hydrogens (tertiary/aromatic N) is 1. The van der Waals surface area contributed by atoms with Crippen LogP contribution in [0.25, 0.3) is 0 Å². The van der Waals surface area contributed by atoms with Crippen LogP contribution in [-0.4, -0.2) is 10.7 Å². The predicted molar refractivity (Wildman–Crippen MR) is 84.3 cm³/mol. The molecular formula is C18H17NO3. The van der Waals surface area contributed by atoms with Gasteiger partial charge in [0.05, 0.1) is 4.92 Å². The fraction of sp³-hybridized carbons (Fsp3) is 0.278. The van der Waals surface area contributed by atoms with Crippen LogP contribution in [-0.2, 0) is 6.42 Å². The van der Waals surface area contributed by atoms with Crippen molar-refractivity contribution in [1.29, 1.82) is 0 Å². The van der Waals surface area contributed by atoms with Crippen molar-refractivity contribution in [2.24, 2.45) is 0 Å². The quantitative estimate of drug-likeness (QED) is 0.471. The summed E-state index contributed by atoms with van der Waals surface area (Å²) in [5.41, 5.74) is 4.11. The average Bonchev–Trinajstić information content (AvgIpc) is 3.33. The Morgan fingerprint density at radius 2 is 1.86 bits per heavy atom. The Labute approximate surface area is 128 Å². The molecular weight excluding hydrogens is 278 g/mol. The Bertz CT molecular complexity index is 730. The molecule has 2 aromatic carbocycles. The van der Waals surface area contributed by atoms with Crippen LogP contribution in [0, 0.1) is 17.0 Å². The van der Waals surface area contributed by atoms with E-state index in [4.69, 9.17) is 0 Å². The number of nitro benzene ring substituents is 1. The molecule has 1 aliphatic carbocycles. The molecule has 2 aromatic rings. The highest BCUT2D eigenvalue weighted by Gasteiger charge is 2.26. The van der Waals surface area contributed by atoms with Gasteiger partial charge in [-0.1, -0.05) is 23.8 Å². The van der Waals surface area contributed by atoms with Gasteiger partial charge in [-0.15, -0.1) is 0 Å². The van der Waals surface area contributed by atoms with Gasteiger partial charge in [0.1, 0.15) is 0 Å². The van der Waals surface area contributed by atoms with E-state index in [1.165, 1.54) is 48.2 Å². The number of aryl methyl sites for hydroxylation is 1. The van der Waals surface area contributed by atoms with Gasteiger partial charge in [0.25, 0.3) is 5.69 Å². The van der Waals surface area contributed by atoms with Crippen LogP contribution in [0.3, 0.4) is 0 Å². The third-order valence-electron chi connectivity index (χ3n) is 4.07. The van der Waals surface area contributed by atoms with E-state index in [2.05, 4.69) is 13.0 Å². The van der Waals surface area contributed by atoms with Crippen molar-refractivity contribution in [3.63, 3.8) is 0 Å². The molecule has 0 aromatic heterocycles. The topological polar surface area (TPSA) is 60.2 Å². The van der Waals surface area contributed by atoms with Crippen LogP contribution < -0.4 is 0 Å². The van der Waals surface area contributed by atoms with Crippen LogP contribution in [0.5, 0.6) is 0 Å². The van der Waals surface area contributed by atoms with Gasteiger partial charge in [0.15, 0.2) is 5.78 Å². The number of nitro groups is 1. The summed E-state index contributed by atoms with van der Waals surface area (Å²) in [7, 11) is 0. The monoisotopic (exact) mass is 295 g/mol. The maximum atomic E-state index is 12.4. The van der Waals surface area contributed by atoms with Gasteiger partial charge < -0.3 is 0 Å². The van der Waals surface area contributed by atoms with E-state index in [1.807, 2.05) is 12.1 Å². The van der Waals surface area contributed by atoms with Crippen LogP contribution in [0.15, 0.2) is 42.5 Å². The summed E-state index contributed by atoms with van der Waals surface area (Å²) in [5, 5.41) is 10.7. The molecule has 0 radical (unpaired) electrons. The lowest BCUT2D eigenvalue weighted by Crippen LogP contribution is -2.06. The summed E-state index contributed by atoms with van der Waals surface area (Å²) < 4.78 is 0. The van der Waals surface area contributed by atoms with Crippen molar-refractivity contribution in [1.82, 2.24) is 0 Å². The largest absolute Gasteiger partial charge is 0.294 e. The summed E-state index contributed by atoms with van der Waals surface area (Å²) in [4.78, 5) is 22.6. The third kappa shape index (κ3) is 3.06. The molecule has 0 N–H and O–H groups in total. The third-order valence-corrected chi connectivity index (χ3v) is 4.07. The number of hydrogen-bond acceptors (Lipinski definition) is 3. The van der Waals surface area contributed by atoms with E-state index in [0.29, 0.717) is 17.9 Å². The van der Waals surface area contributed by atoms with Crippen molar-refractivity contribution in [2.45, 2.75) is 32.1 Å². The van der Waals surface area contributed by atoms with E-state index in [0.717, 1.165) is 5.56 Å². The van der Waals surface area contributed by atoms with Gasteiger partial charge in [-0.2, -0.15) is 0 Å². The predicted octanol–water partition coefficient (Wildman–Crippen LogP) is 4.21. The lowest BCUT2D eigenvalue weighted by molar-refractivity contribution is -0.384. The van der Waals surface area contributed by atoms with Crippen molar-refractivity contribution in [3.05, 3.63) is 74.8 Å². The minimum atomic E-state index is -0.459. The second-order valence-corrected chi connectivity index (χ2v) is 5.88. The Morgan fingerprint density at radius 3 is 2.45 bits per heavy atom. The summed E-state index contributed by atoms with van der Waals surface area (Å²) in [6.45, 7) is 2.06. The zero-order chi connectivity index (χ0) is 15.7. The van der Waals surface area contributed by atoms with E-state index in [9.17, 15) is 14.9 Å². The maximum Gasteiger partial charge on any atom is 0.269 e. The summed E-state index contributed by atoms with van der Waals surface area (Å²) in [6, 6.07) is 12.1. The summed E-state index contributed by atoms with van der Waals surface area (Å²) in [6.07, 6.45) is 2.74. The second kappa shape index (κ2) is 5.72. The number of carbonyl (C=O) groups excluding carboxylic acids is 1. The molecule has 4 heteroatoms. The first-order chi connectivity index (χ1) is 10.5. The zero-order valence-electron chi connectivity index (χ0n) is 12.4. The van der Waals surface area contributed by atoms with Gasteiger partial charge in [-0.25, -0.2) is 0 Å². The van der Waals surface area contributed by atoms with E-state index < -0.39 is 4.92 Å². The molecule has 0 heterocycles. The molecule has 0 atom stereocenters. The molecule has 0 amide bonds. The molecule has 0 spiro atoms. The smallest absolute Gasteiger partial charge is 0.269 e. The molecule has 0 saturated heterocycles. The number of Topliss-reactive ketones (excluding diaryl/α,β-unsaturated/α-hetero) is 1. The molecule has 4 nitrogen and oxygen atoms in total. The highest BCUT2D eigenvalue weighted by Crippen LogP contribution is 2.42. The average molecular weight is 295 g/mol. The Kier molecular flexibility index (Phi) is 3.75. The summed E-state index contributed by atoms with van der Waals surface area (Å²) >= 11 is 0. The van der Waals surface area contributed by atoms with Gasteiger partial charge in [0.2, 0.25) is 0 Å². The lowest BCUT2D eigenvalue weighted by Gasteiger charge is -2.09. The van der Waals surface area contributed by atoms with Crippen LogP contribution in [0.2, 0.25) is 0 Å². The van der Waals surface area contributed by atoms with Crippen LogP contribution >= 0.6 is 0 Å². The van der Waals surface area contributed by atoms with E-state index >= 15 is 0 Å². The number of hydrogen-bond donors (Lipinski definition) is 0. The highest BCUT2D eigenvalue weighted by molar-refractivity contribution is 5.97. The van der Waals surface area contributed by atoms with Crippen molar-refractivity contribution in [2.75, 3.05) is 0 Å². The SMILES string of the molecule is Cc1ccc(CC(=O)c2ccc([N+](=O)[O-])cc2)c(C2CC2)c1. The van der Waals surface area contributed by atoms with E-state index in [1.54, 1.807) is 0 Å². The lowest BCUT2D eigenvalue weighted by atomic mass is 9.95. The van der Waals surface area contributed by atoms with Gasteiger partial charge in [-0.3, -0.25) is 14.9 Å². The molecule has 1 saturated carbocycles. The summed E-state index contributed by atoms with van der Waals surface area (Å²) in [5.74, 6) is 0.597. The molecule has 22 heavy (non-hydrogen) atoms. The maximum absolute atomic E-state index is 12.4. The molecule has 0 unspecified atom stereocenters. The van der Waals surface area contributed by atoms with Gasteiger partial charge in [0, 0.05) is 24.1 Å². The Morgan fingerprint density at radius 1 is 1.18 bits per heavy atom. The Hall–Kier alpha value is -2.49. The molecule has 1 aliphatic rings. The van der Waals surface area contributed by atoms with Crippen LogP contribution in [0.4, 0.5) is 5.69 Å². The molecule has 0 aliphatic heterocycles. The molecule has 112 valence electrons. The number of carbonyl (C=O) groups is 1. The fourth-order valence-electron chi connectivity index (χ4n) is 2.69. The number of benzene rings is 2. The van der Waals surface area contributed by atoms with Crippen molar-refractivity contribution < 1.29 is 9.72 Å². The number of rotatable bonds is 5. The second-order valence-electron chi connectivity index (χ2n) is 5.88. The Balaban J connectivity index is 1.81. The standard InChI is InChI=1S/C18H17NO3/c1-12-2-3-15(17(10-12)13-4-5-13)11-18(20)14-6-8-16(9-7-14)19(21)22/h2-3,6-10,13H,4-5,11H2,1H3. The van der Waals surface area contributed by atoms with Gasteiger partial charge >= 0.3 is 0 Å². The van der Waals surface area contributed by atoms with Crippen molar-refractivity contribution in [3.8, 4) is 0 Å². The zero-order valence-corrected chi connectivity index (χ0v) is 12.4. The van der Waals surface area contributed by atoms with Crippen molar-refractivity contribution >= 4 is 11.5 Å². The fourth-order valence-corrected chi connectivity index (χ4v) is 2.69. The first-order valence-corrected chi connectivity index (χ1v) is 7.41. The molecule has 0 bridgehead atoms. The van der Waals surface area contributed by atoms with Gasteiger partial charge in [-0.05, 0) is 48.9 Å². The number of ketones is 1. The first kappa shape index (κ1) is 14.4. The van der Waals surface area contributed by atoms with Crippen LogP contribution in [0.1, 0.15) is 45.8 Å². The number of non-ortho nitro benzene ring substituents is 1. The minimum Gasteiger partial charge on any atom is -0.294 e. The molecule has 1 fully saturated rings. The first-order valence-electron chi connectivity index (χ1n) is 7.41. The van der Waals surface area contributed by atoms with E-state index in [-0.39, 0.29) is 11.5 Å².